The lowest BCUT2D eigenvalue weighted by molar-refractivity contribution is 0.438. The first-order chi connectivity index (χ1) is 9.79. The number of aryl methyl sites for hydroxylation is 2. The maximum atomic E-state index is 4.72. The highest BCUT2D eigenvalue weighted by Crippen LogP contribution is 2.39. The molecule has 2 aromatic rings. The standard InChI is InChI=1S/C17H21N3/c1-3-18-17(15-8-4-6-12(2)20-15)14-10-9-13-7-5-11-19-16(13)14/h4-8,11,14,17-18H,3,9-10H2,1-2H3. The minimum atomic E-state index is 0.260. The Labute approximate surface area is 120 Å². The summed E-state index contributed by atoms with van der Waals surface area (Å²) >= 11 is 0. The van der Waals surface area contributed by atoms with Gasteiger partial charge in [0.1, 0.15) is 0 Å². The summed E-state index contributed by atoms with van der Waals surface area (Å²) in [4.78, 5) is 9.34. The van der Waals surface area contributed by atoms with Crippen molar-refractivity contribution >= 4 is 0 Å². The molecular weight excluding hydrogens is 246 g/mol. The van der Waals surface area contributed by atoms with E-state index in [9.17, 15) is 0 Å². The Hall–Kier alpha value is -1.74. The number of aromatic nitrogens is 2. The summed E-state index contributed by atoms with van der Waals surface area (Å²) in [5, 5.41) is 3.61. The molecule has 0 fully saturated rings. The largest absolute Gasteiger partial charge is 0.308 e. The Morgan fingerprint density at radius 3 is 3.00 bits per heavy atom. The number of likely N-dealkylation sites (N-methyl/N-ethyl adjacent to an activating group) is 1. The van der Waals surface area contributed by atoms with Crippen LogP contribution in [0.5, 0.6) is 0 Å². The van der Waals surface area contributed by atoms with Crippen molar-refractivity contribution in [1.29, 1.82) is 0 Å². The molecule has 0 aliphatic heterocycles. The molecule has 1 N–H and O–H groups in total. The SMILES string of the molecule is CCNC(c1cccc(C)n1)C1CCc2cccnc21. The molecule has 2 heterocycles. The van der Waals surface area contributed by atoms with Crippen LogP contribution >= 0.6 is 0 Å². The van der Waals surface area contributed by atoms with Crippen molar-refractivity contribution in [2.45, 2.75) is 38.6 Å². The summed E-state index contributed by atoms with van der Waals surface area (Å²) in [7, 11) is 0. The van der Waals surface area contributed by atoms with Gasteiger partial charge in [0.15, 0.2) is 0 Å². The number of nitrogens with zero attached hydrogens (tertiary/aromatic N) is 2. The van der Waals surface area contributed by atoms with Crippen LogP contribution < -0.4 is 5.32 Å². The minimum Gasteiger partial charge on any atom is -0.308 e. The lowest BCUT2D eigenvalue weighted by Gasteiger charge is -2.24. The molecular formula is C17H21N3. The summed E-state index contributed by atoms with van der Waals surface area (Å²) in [5.74, 6) is 0.431. The van der Waals surface area contributed by atoms with Crippen LogP contribution in [0.3, 0.4) is 0 Å². The second-order valence-corrected chi connectivity index (χ2v) is 5.43. The molecule has 1 aliphatic rings. The molecule has 0 aromatic carbocycles. The second-order valence-electron chi connectivity index (χ2n) is 5.43. The van der Waals surface area contributed by atoms with Crippen molar-refractivity contribution in [2.24, 2.45) is 0 Å². The maximum Gasteiger partial charge on any atom is 0.0583 e. The van der Waals surface area contributed by atoms with E-state index in [0.717, 1.165) is 30.8 Å². The predicted molar refractivity (Wildman–Crippen MR) is 80.7 cm³/mol. The summed E-state index contributed by atoms with van der Waals surface area (Å²) in [5.41, 5.74) is 4.86. The first-order valence-corrected chi connectivity index (χ1v) is 7.40. The van der Waals surface area contributed by atoms with E-state index in [1.54, 1.807) is 0 Å². The van der Waals surface area contributed by atoms with Crippen LogP contribution in [0.2, 0.25) is 0 Å². The Balaban J connectivity index is 1.96. The van der Waals surface area contributed by atoms with E-state index in [0.29, 0.717) is 5.92 Å². The average Bonchev–Trinajstić information content (AvgIpc) is 2.88. The van der Waals surface area contributed by atoms with Gasteiger partial charge >= 0.3 is 0 Å². The van der Waals surface area contributed by atoms with E-state index in [1.165, 1.54) is 11.3 Å². The fourth-order valence-corrected chi connectivity index (χ4v) is 3.18. The minimum absolute atomic E-state index is 0.260. The van der Waals surface area contributed by atoms with Crippen molar-refractivity contribution < 1.29 is 0 Å². The molecule has 20 heavy (non-hydrogen) atoms. The fourth-order valence-electron chi connectivity index (χ4n) is 3.18. The molecule has 2 atom stereocenters. The molecule has 104 valence electrons. The summed E-state index contributed by atoms with van der Waals surface area (Å²) in [6.07, 6.45) is 4.19. The molecule has 0 bridgehead atoms. The number of hydrogen-bond acceptors (Lipinski definition) is 3. The normalized spacial score (nSPS) is 18.8. The van der Waals surface area contributed by atoms with Gasteiger partial charge < -0.3 is 5.32 Å². The van der Waals surface area contributed by atoms with Gasteiger partial charge in [-0.2, -0.15) is 0 Å². The van der Waals surface area contributed by atoms with Crippen molar-refractivity contribution in [3.05, 3.63) is 59.2 Å². The molecule has 0 radical (unpaired) electrons. The second kappa shape index (κ2) is 5.71. The molecule has 3 rings (SSSR count). The lowest BCUT2D eigenvalue weighted by Crippen LogP contribution is -2.27. The molecule has 3 nitrogen and oxygen atoms in total. The monoisotopic (exact) mass is 267 g/mol. The highest BCUT2D eigenvalue weighted by atomic mass is 15.0. The van der Waals surface area contributed by atoms with Gasteiger partial charge in [0.05, 0.1) is 11.7 Å². The van der Waals surface area contributed by atoms with Crippen molar-refractivity contribution in [3.63, 3.8) is 0 Å². The number of nitrogens with one attached hydrogen (secondary N) is 1. The summed E-state index contributed by atoms with van der Waals surface area (Å²) in [6.45, 7) is 5.14. The molecule has 2 unspecified atom stereocenters. The van der Waals surface area contributed by atoms with E-state index in [2.05, 4.69) is 35.4 Å². The third-order valence-electron chi connectivity index (χ3n) is 4.06. The average molecular weight is 267 g/mol. The third kappa shape index (κ3) is 2.46. The van der Waals surface area contributed by atoms with Gasteiger partial charge in [-0.3, -0.25) is 9.97 Å². The van der Waals surface area contributed by atoms with E-state index < -0.39 is 0 Å². The van der Waals surface area contributed by atoms with Crippen LogP contribution in [0.4, 0.5) is 0 Å². The van der Waals surface area contributed by atoms with E-state index in [1.807, 2.05) is 25.3 Å². The quantitative estimate of drug-likeness (QED) is 0.924. The topological polar surface area (TPSA) is 37.8 Å². The van der Waals surface area contributed by atoms with Gasteiger partial charge in [-0.25, -0.2) is 0 Å². The van der Waals surface area contributed by atoms with Crippen molar-refractivity contribution in [2.75, 3.05) is 6.54 Å². The van der Waals surface area contributed by atoms with E-state index in [-0.39, 0.29) is 6.04 Å². The van der Waals surface area contributed by atoms with Gasteiger partial charge in [-0.05, 0) is 50.1 Å². The molecule has 0 amide bonds. The van der Waals surface area contributed by atoms with Gasteiger partial charge in [-0.15, -0.1) is 0 Å². The first-order valence-electron chi connectivity index (χ1n) is 7.40. The van der Waals surface area contributed by atoms with Crippen molar-refractivity contribution in [3.8, 4) is 0 Å². The van der Waals surface area contributed by atoms with Gasteiger partial charge in [-0.1, -0.05) is 19.1 Å². The third-order valence-corrected chi connectivity index (χ3v) is 4.06. The van der Waals surface area contributed by atoms with Crippen LogP contribution in [-0.2, 0) is 6.42 Å². The van der Waals surface area contributed by atoms with Crippen LogP contribution in [-0.4, -0.2) is 16.5 Å². The van der Waals surface area contributed by atoms with Crippen LogP contribution in [0.1, 0.15) is 47.9 Å². The Kier molecular flexibility index (Phi) is 3.79. The molecule has 2 aromatic heterocycles. The van der Waals surface area contributed by atoms with Crippen LogP contribution in [0.25, 0.3) is 0 Å². The molecule has 3 heteroatoms. The summed E-state index contributed by atoms with van der Waals surface area (Å²) in [6, 6.07) is 10.8. The zero-order chi connectivity index (χ0) is 13.9. The number of hydrogen-bond donors (Lipinski definition) is 1. The van der Waals surface area contributed by atoms with Gasteiger partial charge in [0.2, 0.25) is 0 Å². The molecule has 1 aliphatic carbocycles. The predicted octanol–water partition coefficient (Wildman–Crippen LogP) is 3.17. The van der Waals surface area contributed by atoms with Gasteiger partial charge in [0.25, 0.3) is 0 Å². The number of pyridine rings is 2. The zero-order valence-electron chi connectivity index (χ0n) is 12.1. The fraction of sp³-hybridized carbons (Fsp3) is 0.412. The smallest absolute Gasteiger partial charge is 0.0583 e. The number of fused-ring (bicyclic) bond motifs is 1. The van der Waals surface area contributed by atoms with Gasteiger partial charge in [0, 0.05) is 23.5 Å². The highest BCUT2D eigenvalue weighted by Gasteiger charge is 2.32. The van der Waals surface area contributed by atoms with E-state index >= 15 is 0 Å². The summed E-state index contributed by atoms with van der Waals surface area (Å²) < 4.78 is 0. The lowest BCUT2D eigenvalue weighted by atomic mass is 9.93. The zero-order valence-corrected chi connectivity index (χ0v) is 12.1. The first kappa shape index (κ1) is 13.3. The van der Waals surface area contributed by atoms with E-state index in [4.69, 9.17) is 4.98 Å². The molecule has 0 saturated carbocycles. The molecule has 0 saturated heterocycles. The Morgan fingerprint density at radius 2 is 2.20 bits per heavy atom. The van der Waals surface area contributed by atoms with Crippen LogP contribution in [0, 0.1) is 6.92 Å². The highest BCUT2D eigenvalue weighted by molar-refractivity contribution is 5.32. The van der Waals surface area contributed by atoms with Crippen molar-refractivity contribution in [1.82, 2.24) is 15.3 Å². The Bertz CT molecular complexity index is 594. The maximum absolute atomic E-state index is 4.72. The Morgan fingerprint density at radius 1 is 1.30 bits per heavy atom. The molecule has 0 spiro atoms. The number of rotatable bonds is 4. The van der Waals surface area contributed by atoms with Crippen LogP contribution in [0.15, 0.2) is 36.5 Å².